The second-order valence-electron chi connectivity index (χ2n) is 5.85. The number of carbonyl (C=O) groups excluding carboxylic acids is 2. The van der Waals surface area contributed by atoms with E-state index in [9.17, 15) is 9.59 Å². The number of methoxy groups -OCH3 is 2. The lowest BCUT2D eigenvalue weighted by Gasteiger charge is -2.17. The van der Waals surface area contributed by atoms with Gasteiger partial charge in [-0.25, -0.2) is 4.79 Å². The van der Waals surface area contributed by atoms with Gasteiger partial charge in [0.05, 0.1) is 24.3 Å². The van der Waals surface area contributed by atoms with Crippen LogP contribution in [0.4, 0.5) is 10.5 Å². The first-order valence-corrected chi connectivity index (χ1v) is 9.46. The number of para-hydroxylation sites is 1. The molecule has 0 aliphatic carbocycles. The molecule has 0 spiro atoms. The molecule has 2 rings (SSSR count). The number of rotatable bonds is 6. The molecule has 2 N–H and O–H groups in total. The van der Waals surface area contributed by atoms with Crippen molar-refractivity contribution in [2.45, 2.75) is 26.7 Å². The van der Waals surface area contributed by atoms with Gasteiger partial charge in [-0.15, -0.1) is 0 Å². The molecule has 0 saturated heterocycles. The van der Waals surface area contributed by atoms with Crippen molar-refractivity contribution in [2.75, 3.05) is 19.5 Å². The fraction of sp³-hybridized carbons (Fsp3) is 0.300. The molecule has 0 aliphatic heterocycles. The molecule has 0 atom stereocenters. The highest BCUT2D eigenvalue weighted by Crippen LogP contribution is 2.40. The Bertz CT molecular complexity index is 850. The summed E-state index contributed by atoms with van der Waals surface area (Å²) in [4.78, 5) is 25.3. The van der Waals surface area contributed by atoms with Gasteiger partial charge in [0, 0.05) is 5.69 Å². The molecule has 2 aromatic rings. The summed E-state index contributed by atoms with van der Waals surface area (Å²) in [7, 11) is 2.72. The second kappa shape index (κ2) is 9.66. The van der Waals surface area contributed by atoms with Crippen molar-refractivity contribution in [1.82, 2.24) is 5.32 Å². The second-order valence-corrected chi connectivity index (χ2v) is 6.66. The van der Waals surface area contributed by atoms with Crippen molar-refractivity contribution in [3.8, 4) is 11.5 Å². The monoisotopic (exact) mass is 424 g/mol. The molecule has 0 aromatic heterocycles. The highest BCUT2D eigenvalue weighted by Gasteiger charge is 2.26. The standard InChI is InChI=1S/C20H22Cl2N2O4/c1-5-11-8-7-9-12(6-2)16(11)23-20(26)24-19(25)15-17(27-3)13(21)10-14(22)18(15)28-4/h7-10H,5-6H2,1-4H3,(H2,23,24,25,26). The van der Waals surface area contributed by atoms with Gasteiger partial charge in [0.15, 0.2) is 11.5 Å². The minimum absolute atomic E-state index is 0.0582. The zero-order valence-electron chi connectivity index (χ0n) is 16.1. The van der Waals surface area contributed by atoms with Crippen molar-refractivity contribution in [3.05, 3.63) is 51.0 Å². The van der Waals surface area contributed by atoms with E-state index in [1.165, 1.54) is 20.3 Å². The average molecular weight is 425 g/mol. The van der Waals surface area contributed by atoms with Crippen molar-refractivity contribution in [1.29, 1.82) is 0 Å². The fourth-order valence-electron chi connectivity index (χ4n) is 2.90. The molecule has 0 fully saturated rings. The number of urea groups is 1. The highest BCUT2D eigenvalue weighted by molar-refractivity contribution is 6.37. The van der Waals surface area contributed by atoms with E-state index in [-0.39, 0.29) is 27.1 Å². The molecule has 150 valence electrons. The molecule has 0 saturated carbocycles. The lowest BCUT2D eigenvalue weighted by atomic mass is 10.0. The number of nitrogens with one attached hydrogen (secondary N) is 2. The molecular weight excluding hydrogens is 403 g/mol. The first-order chi connectivity index (χ1) is 13.4. The van der Waals surface area contributed by atoms with Gasteiger partial charge in [-0.05, 0) is 30.0 Å². The van der Waals surface area contributed by atoms with E-state index in [0.29, 0.717) is 5.69 Å². The van der Waals surface area contributed by atoms with Gasteiger partial charge in [-0.3, -0.25) is 10.1 Å². The zero-order chi connectivity index (χ0) is 20.8. The van der Waals surface area contributed by atoms with Crippen LogP contribution in [0.3, 0.4) is 0 Å². The van der Waals surface area contributed by atoms with Crippen LogP contribution >= 0.6 is 23.2 Å². The van der Waals surface area contributed by atoms with E-state index in [0.717, 1.165) is 24.0 Å². The number of ether oxygens (including phenoxy) is 2. The van der Waals surface area contributed by atoms with Gasteiger partial charge in [0.2, 0.25) is 0 Å². The quantitative estimate of drug-likeness (QED) is 0.676. The topological polar surface area (TPSA) is 76.7 Å². The Morgan fingerprint density at radius 3 is 1.89 bits per heavy atom. The van der Waals surface area contributed by atoms with Crippen LogP contribution in [0.25, 0.3) is 0 Å². The third-order valence-corrected chi connectivity index (χ3v) is 4.80. The third kappa shape index (κ3) is 4.51. The van der Waals surface area contributed by atoms with E-state index >= 15 is 0 Å². The van der Waals surface area contributed by atoms with Gasteiger partial charge in [0.1, 0.15) is 5.56 Å². The molecule has 28 heavy (non-hydrogen) atoms. The first-order valence-electron chi connectivity index (χ1n) is 8.70. The van der Waals surface area contributed by atoms with Crippen LogP contribution in [-0.2, 0) is 12.8 Å². The maximum atomic E-state index is 12.8. The largest absolute Gasteiger partial charge is 0.494 e. The van der Waals surface area contributed by atoms with Gasteiger partial charge < -0.3 is 14.8 Å². The average Bonchev–Trinajstić information content (AvgIpc) is 2.67. The van der Waals surface area contributed by atoms with Crippen LogP contribution in [0.1, 0.15) is 35.3 Å². The number of hydrogen-bond donors (Lipinski definition) is 2. The molecule has 8 heteroatoms. The fourth-order valence-corrected chi connectivity index (χ4v) is 3.52. The highest BCUT2D eigenvalue weighted by atomic mass is 35.5. The maximum Gasteiger partial charge on any atom is 0.326 e. The lowest BCUT2D eigenvalue weighted by Crippen LogP contribution is -2.35. The molecule has 0 bridgehead atoms. The Morgan fingerprint density at radius 1 is 0.964 bits per heavy atom. The minimum Gasteiger partial charge on any atom is -0.494 e. The molecule has 3 amide bonds. The molecule has 0 heterocycles. The van der Waals surface area contributed by atoms with Crippen molar-refractivity contribution < 1.29 is 19.1 Å². The Labute approximate surface area is 174 Å². The molecular formula is C20H22Cl2N2O4. The number of imide groups is 1. The minimum atomic E-state index is -0.748. The maximum absolute atomic E-state index is 12.8. The van der Waals surface area contributed by atoms with Gasteiger partial charge in [0.25, 0.3) is 5.91 Å². The summed E-state index contributed by atoms with van der Waals surface area (Å²) in [6.45, 7) is 3.99. The van der Waals surface area contributed by atoms with E-state index in [1.807, 2.05) is 32.0 Å². The van der Waals surface area contributed by atoms with E-state index in [2.05, 4.69) is 10.6 Å². The summed E-state index contributed by atoms with van der Waals surface area (Å²) < 4.78 is 10.4. The van der Waals surface area contributed by atoms with Crippen LogP contribution in [0, 0.1) is 0 Å². The van der Waals surface area contributed by atoms with Crippen LogP contribution in [0.15, 0.2) is 24.3 Å². The predicted molar refractivity (Wildman–Crippen MR) is 111 cm³/mol. The number of hydrogen-bond acceptors (Lipinski definition) is 4. The van der Waals surface area contributed by atoms with Crippen LogP contribution in [0.2, 0.25) is 10.0 Å². The Kier molecular flexibility index (Phi) is 7.54. The smallest absolute Gasteiger partial charge is 0.326 e. The van der Waals surface area contributed by atoms with E-state index < -0.39 is 11.9 Å². The summed E-state index contributed by atoms with van der Waals surface area (Å²) in [6.07, 6.45) is 1.48. The van der Waals surface area contributed by atoms with Gasteiger partial charge >= 0.3 is 6.03 Å². The van der Waals surface area contributed by atoms with Crippen LogP contribution in [0.5, 0.6) is 11.5 Å². The SMILES string of the molecule is CCc1cccc(CC)c1NC(=O)NC(=O)c1c(OC)c(Cl)cc(Cl)c1OC. The third-order valence-electron chi connectivity index (χ3n) is 4.24. The van der Waals surface area contributed by atoms with E-state index in [1.54, 1.807) is 0 Å². The summed E-state index contributed by atoms with van der Waals surface area (Å²) in [6, 6.07) is 6.53. The number of halogens is 2. The van der Waals surface area contributed by atoms with Gasteiger partial charge in [-0.2, -0.15) is 0 Å². The number of benzene rings is 2. The summed E-state index contributed by atoms with van der Waals surface area (Å²) in [5.74, 6) is -0.615. The lowest BCUT2D eigenvalue weighted by molar-refractivity contribution is 0.0961. The van der Waals surface area contributed by atoms with Crippen LogP contribution < -0.4 is 20.1 Å². The normalized spacial score (nSPS) is 10.4. The van der Waals surface area contributed by atoms with Crippen molar-refractivity contribution >= 4 is 40.8 Å². The van der Waals surface area contributed by atoms with Crippen molar-refractivity contribution in [2.24, 2.45) is 0 Å². The molecule has 2 aromatic carbocycles. The summed E-state index contributed by atoms with van der Waals surface area (Å²) >= 11 is 12.2. The predicted octanol–water partition coefficient (Wildman–Crippen LogP) is 5.10. The number of aryl methyl sites for hydroxylation is 2. The Hall–Kier alpha value is -2.44. The van der Waals surface area contributed by atoms with Crippen LogP contribution in [-0.4, -0.2) is 26.2 Å². The molecule has 0 unspecified atom stereocenters. The Balaban J connectivity index is 2.33. The number of anilines is 1. The Morgan fingerprint density at radius 2 is 1.46 bits per heavy atom. The summed E-state index contributed by atoms with van der Waals surface area (Å²) in [5, 5.41) is 5.31. The van der Waals surface area contributed by atoms with Gasteiger partial charge in [-0.1, -0.05) is 55.2 Å². The first kappa shape index (κ1) is 21.9. The molecule has 0 radical (unpaired) electrons. The van der Waals surface area contributed by atoms with Crippen molar-refractivity contribution in [3.63, 3.8) is 0 Å². The zero-order valence-corrected chi connectivity index (χ0v) is 17.6. The molecule has 0 aliphatic rings. The number of amides is 3. The molecule has 6 nitrogen and oxygen atoms in total. The number of carbonyl (C=O) groups is 2. The summed E-state index contributed by atoms with van der Waals surface area (Å²) in [5.41, 5.74) is 2.59. The van der Waals surface area contributed by atoms with E-state index in [4.69, 9.17) is 32.7 Å².